The molecule has 1 aliphatic heterocycles. The van der Waals surface area contributed by atoms with Crippen LogP contribution in [0.5, 0.6) is 0 Å². The van der Waals surface area contributed by atoms with Crippen molar-refractivity contribution in [1.82, 2.24) is 9.55 Å². The maximum atomic E-state index is 12.4. The maximum Gasteiger partial charge on any atom is 0.351 e. The fraction of sp³-hybridized carbons (Fsp3) is 0.524. The quantitative estimate of drug-likeness (QED) is 0.232. The number of nitrogens with zero attached hydrogens (tertiary/aromatic N) is 3. The summed E-state index contributed by atoms with van der Waals surface area (Å²) in [5, 5.41) is 30.9. The predicted octanol–water partition coefficient (Wildman–Crippen LogP) is 2.28. The largest absolute Gasteiger partial charge is 0.394 e. The number of nitro groups is 1. The zero-order chi connectivity index (χ0) is 24.3. The molecule has 12 heteroatoms. The smallest absolute Gasteiger partial charge is 0.351 e. The zero-order valence-corrected chi connectivity index (χ0v) is 20.4. The van der Waals surface area contributed by atoms with Crippen LogP contribution in [-0.4, -0.2) is 43.5 Å². The van der Waals surface area contributed by atoms with E-state index in [0.29, 0.717) is 17.5 Å². The standard InChI is InChI=1S/C21H27IN4O7/c1-11(2)5-17(14-4-3-13(22)6-15(14)26(30)31)32-10-12-8-25(21(29)24-20(12)23)19-7-16(28)18(9-27)33-19/h3-4,6,8,11,16-19,27-28H,5,7,9-10H2,1-2H3,(H2,23,24,29)/t16-,17-,18-,19-/m1/s1. The van der Waals surface area contributed by atoms with Gasteiger partial charge in [0.1, 0.15) is 18.1 Å². The summed E-state index contributed by atoms with van der Waals surface area (Å²) in [5.74, 6) is 0.177. The summed E-state index contributed by atoms with van der Waals surface area (Å²) in [4.78, 5) is 27.4. The molecule has 0 spiro atoms. The Hall–Kier alpha value is -2.13. The molecule has 2 aromatic rings. The molecule has 1 aromatic carbocycles. The van der Waals surface area contributed by atoms with Crippen molar-refractivity contribution in [1.29, 1.82) is 0 Å². The number of hydrogen-bond donors (Lipinski definition) is 3. The van der Waals surface area contributed by atoms with Crippen LogP contribution in [0.2, 0.25) is 0 Å². The van der Waals surface area contributed by atoms with Gasteiger partial charge in [-0.25, -0.2) is 4.79 Å². The minimum atomic E-state index is -0.916. The third-order valence-electron chi connectivity index (χ3n) is 5.42. The second-order valence-corrected chi connectivity index (χ2v) is 9.59. The van der Waals surface area contributed by atoms with Crippen LogP contribution in [0.25, 0.3) is 0 Å². The number of nitrogens with two attached hydrogens (primary N) is 1. The first-order chi connectivity index (χ1) is 15.6. The lowest BCUT2D eigenvalue weighted by atomic mass is 9.98. The van der Waals surface area contributed by atoms with E-state index in [1.54, 1.807) is 12.1 Å². The van der Waals surface area contributed by atoms with E-state index in [9.17, 15) is 25.1 Å². The van der Waals surface area contributed by atoms with Gasteiger partial charge in [-0.2, -0.15) is 4.98 Å². The summed E-state index contributed by atoms with van der Waals surface area (Å²) in [6, 6.07) is 4.98. The highest BCUT2D eigenvalue weighted by molar-refractivity contribution is 14.1. The minimum Gasteiger partial charge on any atom is -0.394 e. The van der Waals surface area contributed by atoms with Gasteiger partial charge in [-0.1, -0.05) is 13.8 Å². The third-order valence-corrected chi connectivity index (χ3v) is 6.09. The van der Waals surface area contributed by atoms with Crippen LogP contribution in [0.3, 0.4) is 0 Å². The van der Waals surface area contributed by atoms with Gasteiger partial charge in [0.05, 0.1) is 35.9 Å². The molecule has 4 atom stereocenters. The van der Waals surface area contributed by atoms with Crippen molar-refractivity contribution in [3.63, 3.8) is 0 Å². The highest BCUT2D eigenvalue weighted by Gasteiger charge is 2.35. The number of halogens is 1. The monoisotopic (exact) mass is 574 g/mol. The molecule has 3 rings (SSSR count). The molecule has 0 radical (unpaired) electrons. The fourth-order valence-electron chi connectivity index (χ4n) is 3.74. The van der Waals surface area contributed by atoms with Crippen LogP contribution in [0, 0.1) is 19.6 Å². The van der Waals surface area contributed by atoms with Gasteiger partial charge < -0.3 is 25.4 Å². The van der Waals surface area contributed by atoms with Gasteiger partial charge in [-0.15, -0.1) is 0 Å². The van der Waals surface area contributed by atoms with Crippen molar-refractivity contribution in [2.24, 2.45) is 5.92 Å². The number of hydrogen-bond acceptors (Lipinski definition) is 9. The number of benzene rings is 1. The van der Waals surface area contributed by atoms with Crippen LogP contribution >= 0.6 is 22.6 Å². The summed E-state index contributed by atoms with van der Waals surface area (Å²) >= 11 is 2.02. The number of aliphatic hydroxyl groups excluding tert-OH is 2. The van der Waals surface area contributed by atoms with Gasteiger partial charge in [0.25, 0.3) is 5.69 Å². The Labute approximate surface area is 203 Å². The zero-order valence-electron chi connectivity index (χ0n) is 18.3. The van der Waals surface area contributed by atoms with Gasteiger partial charge in [-0.05, 0) is 47.1 Å². The van der Waals surface area contributed by atoms with E-state index in [4.69, 9.17) is 15.2 Å². The predicted molar refractivity (Wildman–Crippen MR) is 127 cm³/mol. The molecule has 0 unspecified atom stereocenters. The molecule has 2 heterocycles. The molecule has 33 heavy (non-hydrogen) atoms. The second-order valence-electron chi connectivity index (χ2n) is 8.35. The summed E-state index contributed by atoms with van der Waals surface area (Å²) in [6.07, 6.45) is -0.995. The topological polar surface area (TPSA) is 163 Å². The first-order valence-electron chi connectivity index (χ1n) is 10.5. The van der Waals surface area contributed by atoms with Crippen molar-refractivity contribution in [2.45, 2.75) is 57.8 Å². The van der Waals surface area contributed by atoms with E-state index in [1.165, 1.54) is 16.8 Å². The highest BCUT2D eigenvalue weighted by Crippen LogP contribution is 2.34. The number of rotatable bonds is 9. The van der Waals surface area contributed by atoms with Gasteiger partial charge in [-0.3, -0.25) is 14.7 Å². The molecule has 1 fully saturated rings. The molecule has 1 aliphatic rings. The molecule has 0 bridgehead atoms. The van der Waals surface area contributed by atoms with Crippen molar-refractivity contribution < 1.29 is 24.6 Å². The molecule has 4 N–H and O–H groups in total. The van der Waals surface area contributed by atoms with Gasteiger partial charge >= 0.3 is 5.69 Å². The molecule has 0 aliphatic carbocycles. The van der Waals surface area contributed by atoms with Gasteiger partial charge in [0.2, 0.25) is 0 Å². The number of aliphatic hydroxyl groups is 2. The van der Waals surface area contributed by atoms with Gasteiger partial charge in [0.15, 0.2) is 0 Å². The summed E-state index contributed by atoms with van der Waals surface area (Å²) in [7, 11) is 0. The molecule has 180 valence electrons. The van der Waals surface area contributed by atoms with Crippen LogP contribution in [0.4, 0.5) is 11.5 Å². The van der Waals surface area contributed by atoms with Crippen molar-refractivity contribution in [2.75, 3.05) is 12.3 Å². The normalized spacial score (nSPS) is 21.5. The highest BCUT2D eigenvalue weighted by atomic mass is 127. The Balaban J connectivity index is 1.87. The number of anilines is 1. The van der Waals surface area contributed by atoms with Gasteiger partial charge in [0, 0.05) is 27.8 Å². The van der Waals surface area contributed by atoms with Crippen LogP contribution in [-0.2, 0) is 16.1 Å². The van der Waals surface area contributed by atoms with Crippen LogP contribution in [0.1, 0.15) is 50.1 Å². The Morgan fingerprint density at radius 1 is 1.45 bits per heavy atom. The molecular weight excluding hydrogens is 547 g/mol. The maximum absolute atomic E-state index is 12.4. The average molecular weight is 574 g/mol. The van der Waals surface area contributed by atoms with Crippen LogP contribution < -0.4 is 11.4 Å². The first kappa shape index (κ1) is 25.5. The lowest BCUT2D eigenvalue weighted by Gasteiger charge is -2.21. The average Bonchev–Trinajstić information content (AvgIpc) is 3.12. The van der Waals surface area contributed by atoms with E-state index < -0.39 is 35.2 Å². The summed E-state index contributed by atoms with van der Waals surface area (Å²) < 4.78 is 13.6. The Morgan fingerprint density at radius 3 is 2.79 bits per heavy atom. The van der Waals surface area contributed by atoms with Crippen molar-refractivity contribution in [3.05, 3.63) is 59.7 Å². The molecule has 1 aromatic heterocycles. The lowest BCUT2D eigenvalue weighted by molar-refractivity contribution is -0.386. The minimum absolute atomic E-state index is 0.0195. The molecule has 1 saturated heterocycles. The summed E-state index contributed by atoms with van der Waals surface area (Å²) in [5.41, 5.74) is 6.14. The lowest BCUT2D eigenvalue weighted by Crippen LogP contribution is -2.29. The molecule has 0 saturated carbocycles. The number of aromatic nitrogens is 2. The first-order valence-corrected chi connectivity index (χ1v) is 11.6. The third kappa shape index (κ3) is 6.06. The van der Waals surface area contributed by atoms with Crippen molar-refractivity contribution in [3.8, 4) is 0 Å². The number of nitro benzene ring substituents is 1. The van der Waals surface area contributed by atoms with E-state index >= 15 is 0 Å². The van der Waals surface area contributed by atoms with E-state index in [2.05, 4.69) is 4.98 Å². The van der Waals surface area contributed by atoms with Crippen LogP contribution in [0.15, 0.2) is 29.2 Å². The Bertz CT molecular complexity index is 1060. The fourth-order valence-corrected chi connectivity index (χ4v) is 4.21. The Kier molecular flexibility index (Phi) is 8.39. The molecule has 11 nitrogen and oxygen atoms in total. The second kappa shape index (κ2) is 10.9. The van der Waals surface area contributed by atoms with Crippen molar-refractivity contribution >= 4 is 34.1 Å². The number of ether oxygens (including phenoxy) is 2. The SMILES string of the molecule is CC(C)C[C@@H](OCc1cn([C@H]2C[C@@H](O)[C@@H](CO)O2)c(=O)nc1N)c1ccc(I)cc1[N+](=O)[O-]. The molecule has 0 amide bonds. The Morgan fingerprint density at radius 2 is 2.18 bits per heavy atom. The van der Waals surface area contributed by atoms with E-state index in [1.807, 2.05) is 36.4 Å². The van der Waals surface area contributed by atoms with E-state index in [-0.39, 0.29) is 37.1 Å². The molecular formula is C21H27IN4O7. The summed E-state index contributed by atoms with van der Waals surface area (Å²) in [6.45, 7) is 3.56. The number of nitrogen functional groups attached to an aromatic ring is 1. The van der Waals surface area contributed by atoms with E-state index in [0.717, 1.165) is 3.57 Å².